The molecule has 0 spiro atoms. The molecule has 0 aliphatic rings. The van der Waals surface area contributed by atoms with Crippen LogP contribution in [0.3, 0.4) is 0 Å². The number of hydrogen-bond donors (Lipinski definition) is 3. The summed E-state index contributed by atoms with van der Waals surface area (Å²) >= 11 is 0. The molecule has 0 fully saturated rings. The summed E-state index contributed by atoms with van der Waals surface area (Å²) in [5, 5.41) is 5.42. The van der Waals surface area contributed by atoms with E-state index in [0.29, 0.717) is 25.4 Å². The van der Waals surface area contributed by atoms with Gasteiger partial charge >= 0.3 is 0 Å². The lowest BCUT2D eigenvalue weighted by atomic mass is 9.76. The highest BCUT2D eigenvalue weighted by Crippen LogP contribution is 2.31. The summed E-state index contributed by atoms with van der Waals surface area (Å²) in [4.78, 5) is 23.4. The molecule has 2 amide bonds. The topological polar surface area (TPSA) is 84.2 Å². The van der Waals surface area contributed by atoms with Crippen LogP contribution >= 0.6 is 0 Å². The standard InChI is InChI=1S/C15H31N3O2/c1-6-17-14(20)11(2)18-13(19)8-7-12(9-10-16)15(3,4)5/h11-12H,6-10,16H2,1-5H3,(H,17,20)(H,18,19). The molecule has 20 heavy (non-hydrogen) atoms. The Morgan fingerprint density at radius 2 is 1.80 bits per heavy atom. The highest BCUT2D eigenvalue weighted by Gasteiger charge is 2.24. The number of nitrogens with two attached hydrogens (primary N) is 1. The maximum Gasteiger partial charge on any atom is 0.242 e. The monoisotopic (exact) mass is 285 g/mol. The number of hydrogen-bond acceptors (Lipinski definition) is 3. The SMILES string of the molecule is CCNC(=O)C(C)NC(=O)CCC(CCN)C(C)(C)C. The van der Waals surface area contributed by atoms with Gasteiger partial charge in [-0.25, -0.2) is 0 Å². The van der Waals surface area contributed by atoms with Crippen molar-refractivity contribution in [1.29, 1.82) is 0 Å². The van der Waals surface area contributed by atoms with Crippen LogP contribution in [0.2, 0.25) is 0 Å². The second kappa shape index (κ2) is 8.95. The number of rotatable bonds is 8. The Morgan fingerprint density at radius 1 is 1.20 bits per heavy atom. The van der Waals surface area contributed by atoms with Crippen LogP contribution in [-0.4, -0.2) is 30.9 Å². The van der Waals surface area contributed by atoms with E-state index < -0.39 is 6.04 Å². The third kappa shape index (κ3) is 7.48. The van der Waals surface area contributed by atoms with Crippen LogP contribution in [0.4, 0.5) is 0 Å². The molecular formula is C15H31N3O2. The van der Waals surface area contributed by atoms with Crippen LogP contribution in [-0.2, 0) is 9.59 Å². The van der Waals surface area contributed by atoms with Gasteiger partial charge in [0.25, 0.3) is 0 Å². The van der Waals surface area contributed by atoms with Gasteiger partial charge in [-0.15, -0.1) is 0 Å². The maximum absolute atomic E-state index is 11.9. The Hall–Kier alpha value is -1.10. The van der Waals surface area contributed by atoms with E-state index in [9.17, 15) is 9.59 Å². The van der Waals surface area contributed by atoms with Crippen molar-refractivity contribution < 1.29 is 9.59 Å². The first-order valence-electron chi connectivity index (χ1n) is 7.49. The van der Waals surface area contributed by atoms with Gasteiger partial charge in [0.15, 0.2) is 0 Å². The fraction of sp³-hybridized carbons (Fsp3) is 0.867. The molecule has 5 nitrogen and oxygen atoms in total. The molecule has 0 heterocycles. The zero-order valence-electron chi connectivity index (χ0n) is 13.6. The Kier molecular flexibility index (Phi) is 8.46. The second-order valence-corrected chi connectivity index (χ2v) is 6.36. The van der Waals surface area contributed by atoms with Crippen LogP contribution in [0, 0.1) is 11.3 Å². The number of amides is 2. The third-order valence-electron chi connectivity index (χ3n) is 3.58. The molecule has 0 radical (unpaired) electrons. The molecule has 0 aliphatic carbocycles. The molecule has 0 bridgehead atoms. The smallest absolute Gasteiger partial charge is 0.242 e. The van der Waals surface area contributed by atoms with Gasteiger partial charge in [-0.3, -0.25) is 9.59 Å². The molecule has 0 saturated carbocycles. The highest BCUT2D eigenvalue weighted by molar-refractivity contribution is 5.87. The normalized spacial score (nSPS) is 14.5. The summed E-state index contributed by atoms with van der Waals surface area (Å²) in [6.45, 7) is 11.3. The minimum Gasteiger partial charge on any atom is -0.355 e. The number of nitrogens with one attached hydrogen (secondary N) is 2. The van der Waals surface area contributed by atoms with Crippen molar-refractivity contribution in [3.05, 3.63) is 0 Å². The van der Waals surface area contributed by atoms with Crippen molar-refractivity contribution in [2.45, 2.75) is 59.9 Å². The van der Waals surface area contributed by atoms with Gasteiger partial charge in [-0.1, -0.05) is 20.8 Å². The Labute approximate surface area is 123 Å². The van der Waals surface area contributed by atoms with Crippen molar-refractivity contribution in [1.82, 2.24) is 10.6 Å². The van der Waals surface area contributed by atoms with Gasteiger partial charge < -0.3 is 16.4 Å². The van der Waals surface area contributed by atoms with Crippen molar-refractivity contribution >= 4 is 11.8 Å². The predicted octanol–water partition coefficient (Wildman–Crippen LogP) is 1.42. The largest absolute Gasteiger partial charge is 0.355 e. The first kappa shape index (κ1) is 18.9. The Balaban J connectivity index is 4.23. The molecular weight excluding hydrogens is 254 g/mol. The quantitative estimate of drug-likeness (QED) is 0.630. The zero-order valence-corrected chi connectivity index (χ0v) is 13.6. The van der Waals surface area contributed by atoms with Gasteiger partial charge in [0.2, 0.25) is 11.8 Å². The fourth-order valence-corrected chi connectivity index (χ4v) is 2.22. The molecule has 0 saturated heterocycles. The molecule has 2 atom stereocenters. The van der Waals surface area contributed by atoms with Gasteiger partial charge in [-0.2, -0.15) is 0 Å². The Morgan fingerprint density at radius 3 is 2.25 bits per heavy atom. The second-order valence-electron chi connectivity index (χ2n) is 6.36. The summed E-state index contributed by atoms with van der Waals surface area (Å²) < 4.78 is 0. The summed E-state index contributed by atoms with van der Waals surface area (Å²) in [5.74, 6) is 0.197. The van der Waals surface area contributed by atoms with Crippen LogP contribution in [0.25, 0.3) is 0 Å². The minimum atomic E-state index is -0.481. The summed E-state index contributed by atoms with van der Waals surface area (Å²) in [6.07, 6.45) is 2.16. The fourth-order valence-electron chi connectivity index (χ4n) is 2.22. The van der Waals surface area contributed by atoms with Gasteiger partial charge in [0.05, 0.1) is 0 Å². The molecule has 0 aromatic carbocycles. The van der Waals surface area contributed by atoms with Gasteiger partial charge in [-0.05, 0) is 44.6 Å². The molecule has 0 rings (SSSR count). The lowest BCUT2D eigenvalue weighted by Crippen LogP contribution is -2.44. The van der Waals surface area contributed by atoms with E-state index in [1.165, 1.54) is 0 Å². The van der Waals surface area contributed by atoms with E-state index in [1.54, 1.807) is 6.92 Å². The minimum absolute atomic E-state index is 0.0741. The lowest BCUT2D eigenvalue weighted by molar-refractivity contribution is -0.128. The third-order valence-corrected chi connectivity index (χ3v) is 3.58. The summed E-state index contributed by atoms with van der Waals surface area (Å²) in [6, 6.07) is -0.481. The summed E-state index contributed by atoms with van der Waals surface area (Å²) in [5.41, 5.74) is 5.78. The number of carbonyl (C=O) groups excluding carboxylic acids is 2. The lowest BCUT2D eigenvalue weighted by Gasteiger charge is -2.30. The van der Waals surface area contributed by atoms with Crippen LogP contribution < -0.4 is 16.4 Å². The first-order chi connectivity index (χ1) is 9.22. The zero-order chi connectivity index (χ0) is 15.8. The van der Waals surface area contributed by atoms with Crippen LogP contribution in [0.5, 0.6) is 0 Å². The number of carbonyl (C=O) groups is 2. The van der Waals surface area contributed by atoms with Gasteiger partial charge in [0.1, 0.15) is 6.04 Å². The van der Waals surface area contributed by atoms with E-state index in [4.69, 9.17) is 5.73 Å². The van der Waals surface area contributed by atoms with Crippen LogP contribution in [0.15, 0.2) is 0 Å². The molecule has 0 aliphatic heterocycles. The van der Waals surface area contributed by atoms with Crippen molar-refractivity contribution in [3.8, 4) is 0 Å². The van der Waals surface area contributed by atoms with E-state index in [0.717, 1.165) is 12.8 Å². The van der Waals surface area contributed by atoms with E-state index >= 15 is 0 Å². The first-order valence-corrected chi connectivity index (χ1v) is 7.49. The van der Waals surface area contributed by atoms with Crippen LogP contribution in [0.1, 0.15) is 53.9 Å². The average Bonchev–Trinajstić information content (AvgIpc) is 2.33. The van der Waals surface area contributed by atoms with E-state index in [-0.39, 0.29) is 17.2 Å². The highest BCUT2D eigenvalue weighted by atomic mass is 16.2. The average molecular weight is 285 g/mol. The molecule has 4 N–H and O–H groups in total. The predicted molar refractivity (Wildman–Crippen MR) is 82.1 cm³/mol. The van der Waals surface area contributed by atoms with Crippen molar-refractivity contribution in [2.24, 2.45) is 17.1 Å². The molecule has 0 aromatic heterocycles. The summed E-state index contributed by atoms with van der Waals surface area (Å²) in [7, 11) is 0. The van der Waals surface area contributed by atoms with E-state index in [1.807, 2.05) is 6.92 Å². The van der Waals surface area contributed by atoms with Gasteiger partial charge in [0, 0.05) is 13.0 Å². The molecule has 118 valence electrons. The maximum atomic E-state index is 11.9. The molecule has 0 aromatic rings. The molecule has 5 heteroatoms. The Bertz CT molecular complexity index is 311. The molecule has 2 unspecified atom stereocenters. The van der Waals surface area contributed by atoms with E-state index in [2.05, 4.69) is 31.4 Å². The van der Waals surface area contributed by atoms with Crippen molar-refractivity contribution in [2.75, 3.05) is 13.1 Å². The number of likely N-dealkylation sites (N-methyl/N-ethyl adjacent to an activating group) is 1. The van der Waals surface area contributed by atoms with Crippen molar-refractivity contribution in [3.63, 3.8) is 0 Å².